The first-order valence-corrected chi connectivity index (χ1v) is 6.02. The van der Waals surface area contributed by atoms with Crippen LogP contribution in [0, 0.1) is 0 Å². The average Bonchev–Trinajstić information content (AvgIpc) is 2.32. The molecule has 0 aliphatic carbocycles. The van der Waals surface area contributed by atoms with Crippen LogP contribution >= 0.6 is 0 Å². The van der Waals surface area contributed by atoms with Crippen molar-refractivity contribution in [3.05, 3.63) is 23.8 Å². The van der Waals surface area contributed by atoms with Gasteiger partial charge in [-0.3, -0.25) is 4.90 Å². The molecule has 1 aromatic carbocycles. The summed E-state index contributed by atoms with van der Waals surface area (Å²) in [6.07, 6.45) is 0. The monoisotopic (exact) mass is 235 g/mol. The summed E-state index contributed by atoms with van der Waals surface area (Å²) in [5.74, 6) is 0.929. The number of ether oxygens (including phenoxy) is 1. The molecule has 0 spiro atoms. The van der Waals surface area contributed by atoms with Crippen LogP contribution < -0.4 is 10.5 Å². The molecular weight excluding hydrogens is 214 g/mol. The molecule has 17 heavy (non-hydrogen) atoms. The molecule has 94 valence electrons. The zero-order valence-electron chi connectivity index (χ0n) is 10.6. The molecule has 0 radical (unpaired) electrons. The number of anilines is 1. The highest BCUT2D eigenvalue weighted by molar-refractivity contribution is 5.47. The Morgan fingerprint density at radius 1 is 1.24 bits per heavy atom. The SMILES string of the molecule is COc1ccc(N)cc1CN1CCN(C)CC1. The molecule has 2 N–H and O–H groups in total. The van der Waals surface area contributed by atoms with Crippen LogP contribution in [0.1, 0.15) is 5.56 Å². The molecule has 0 aromatic heterocycles. The lowest BCUT2D eigenvalue weighted by molar-refractivity contribution is 0.147. The molecule has 4 heteroatoms. The van der Waals surface area contributed by atoms with Crippen molar-refractivity contribution in [2.45, 2.75) is 6.54 Å². The second-order valence-corrected chi connectivity index (χ2v) is 4.65. The quantitative estimate of drug-likeness (QED) is 0.794. The van der Waals surface area contributed by atoms with Gasteiger partial charge in [0.15, 0.2) is 0 Å². The van der Waals surface area contributed by atoms with Crippen LogP contribution in [-0.2, 0) is 6.54 Å². The number of methoxy groups -OCH3 is 1. The molecule has 1 fully saturated rings. The van der Waals surface area contributed by atoms with Crippen molar-refractivity contribution in [1.82, 2.24) is 9.80 Å². The number of nitrogen functional groups attached to an aromatic ring is 1. The molecule has 0 unspecified atom stereocenters. The Kier molecular flexibility index (Phi) is 3.86. The van der Waals surface area contributed by atoms with Crippen molar-refractivity contribution < 1.29 is 4.74 Å². The highest BCUT2D eigenvalue weighted by Gasteiger charge is 2.15. The number of rotatable bonds is 3. The molecule has 1 aliphatic heterocycles. The van der Waals surface area contributed by atoms with Gasteiger partial charge in [-0.2, -0.15) is 0 Å². The van der Waals surface area contributed by atoms with Gasteiger partial charge in [0.05, 0.1) is 7.11 Å². The van der Waals surface area contributed by atoms with Crippen molar-refractivity contribution in [2.75, 3.05) is 46.1 Å². The summed E-state index contributed by atoms with van der Waals surface area (Å²) >= 11 is 0. The van der Waals surface area contributed by atoms with Crippen molar-refractivity contribution in [1.29, 1.82) is 0 Å². The predicted octanol–water partition coefficient (Wildman–Crippen LogP) is 1.02. The Hall–Kier alpha value is -1.26. The molecule has 1 saturated heterocycles. The number of hydrogen-bond donors (Lipinski definition) is 1. The maximum Gasteiger partial charge on any atom is 0.123 e. The van der Waals surface area contributed by atoms with Crippen molar-refractivity contribution in [2.24, 2.45) is 0 Å². The van der Waals surface area contributed by atoms with Gasteiger partial charge in [0, 0.05) is 44.0 Å². The first-order chi connectivity index (χ1) is 8.19. The molecule has 1 aromatic rings. The van der Waals surface area contributed by atoms with Gasteiger partial charge in [0.1, 0.15) is 5.75 Å². The summed E-state index contributed by atoms with van der Waals surface area (Å²) in [5, 5.41) is 0. The summed E-state index contributed by atoms with van der Waals surface area (Å²) < 4.78 is 5.37. The van der Waals surface area contributed by atoms with E-state index in [2.05, 4.69) is 16.8 Å². The van der Waals surface area contributed by atoms with Crippen LogP contribution in [0.15, 0.2) is 18.2 Å². The number of hydrogen-bond acceptors (Lipinski definition) is 4. The fraction of sp³-hybridized carbons (Fsp3) is 0.538. The summed E-state index contributed by atoms with van der Waals surface area (Å²) in [4.78, 5) is 4.80. The van der Waals surface area contributed by atoms with Crippen molar-refractivity contribution >= 4 is 5.69 Å². The predicted molar refractivity (Wildman–Crippen MR) is 70.2 cm³/mol. The van der Waals surface area contributed by atoms with E-state index in [0.717, 1.165) is 44.2 Å². The smallest absolute Gasteiger partial charge is 0.123 e. The van der Waals surface area contributed by atoms with Gasteiger partial charge < -0.3 is 15.4 Å². The lowest BCUT2D eigenvalue weighted by Crippen LogP contribution is -2.43. The molecule has 0 atom stereocenters. The summed E-state index contributed by atoms with van der Waals surface area (Å²) in [6, 6.07) is 5.84. The van der Waals surface area contributed by atoms with E-state index < -0.39 is 0 Å². The lowest BCUT2D eigenvalue weighted by Gasteiger charge is -2.32. The third-order valence-electron chi connectivity index (χ3n) is 3.29. The summed E-state index contributed by atoms with van der Waals surface area (Å²) in [7, 11) is 3.87. The van der Waals surface area contributed by atoms with Gasteiger partial charge in [0.25, 0.3) is 0 Å². The van der Waals surface area contributed by atoms with Gasteiger partial charge in [-0.05, 0) is 25.2 Å². The Balaban J connectivity index is 2.04. The Bertz CT molecular complexity index is 373. The van der Waals surface area contributed by atoms with Crippen molar-refractivity contribution in [3.63, 3.8) is 0 Å². The highest BCUT2D eigenvalue weighted by atomic mass is 16.5. The van der Waals surface area contributed by atoms with Gasteiger partial charge >= 0.3 is 0 Å². The fourth-order valence-electron chi connectivity index (χ4n) is 2.17. The number of benzene rings is 1. The number of piperazine rings is 1. The third kappa shape index (κ3) is 3.11. The van der Waals surface area contributed by atoms with E-state index in [1.807, 2.05) is 18.2 Å². The van der Waals surface area contributed by atoms with Crippen LogP contribution in [-0.4, -0.2) is 50.1 Å². The molecule has 0 saturated carbocycles. The second kappa shape index (κ2) is 5.38. The molecule has 2 rings (SSSR count). The average molecular weight is 235 g/mol. The summed E-state index contributed by atoms with van der Waals surface area (Å²) in [5.41, 5.74) is 7.81. The van der Waals surface area contributed by atoms with E-state index in [1.165, 1.54) is 5.56 Å². The normalized spacial score (nSPS) is 18.2. The fourth-order valence-corrected chi connectivity index (χ4v) is 2.17. The maximum atomic E-state index is 5.83. The molecular formula is C13H21N3O. The minimum absolute atomic E-state index is 0.801. The van der Waals surface area contributed by atoms with E-state index in [9.17, 15) is 0 Å². The zero-order valence-corrected chi connectivity index (χ0v) is 10.6. The van der Waals surface area contributed by atoms with E-state index in [0.29, 0.717) is 0 Å². The number of nitrogens with two attached hydrogens (primary N) is 1. The summed E-state index contributed by atoms with van der Waals surface area (Å²) in [6.45, 7) is 5.39. The molecule has 1 aliphatic rings. The third-order valence-corrected chi connectivity index (χ3v) is 3.29. The largest absolute Gasteiger partial charge is 0.496 e. The van der Waals surface area contributed by atoms with E-state index in [4.69, 9.17) is 10.5 Å². The standard InChI is InChI=1S/C13H21N3O/c1-15-5-7-16(8-6-15)10-11-9-12(14)3-4-13(11)17-2/h3-4,9H,5-8,10,14H2,1-2H3. The molecule has 1 heterocycles. The Labute approximate surface area is 103 Å². The van der Waals surface area contributed by atoms with Crippen LogP contribution in [0.5, 0.6) is 5.75 Å². The molecule has 4 nitrogen and oxygen atoms in total. The minimum atomic E-state index is 0.801. The maximum absolute atomic E-state index is 5.83. The topological polar surface area (TPSA) is 41.7 Å². The van der Waals surface area contributed by atoms with Crippen LogP contribution in [0.2, 0.25) is 0 Å². The van der Waals surface area contributed by atoms with Gasteiger partial charge in [-0.25, -0.2) is 0 Å². The van der Waals surface area contributed by atoms with Crippen LogP contribution in [0.25, 0.3) is 0 Å². The first kappa shape index (κ1) is 12.2. The van der Waals surface area contributed by atoms with Gasteiger partial charge in [-0.15, -0.1) is 0 Å². The highest BCUT2D eigenvalue weighted by Crippen LogP contribution is 2.23. The Morgan fingerprint density at radius 3 is 2.59 bits per heavy atom. The van der Waals surface area contributed by atoms with Gasteiger partial charge in [0.2, 0.25) is 0 Å². The van der Waals surface area contributed by atoms with E-state index in [1.54, 1.807) is 7.11 Å². The van der Waals surface area contributed by atoms with E-state index in [-0.39, 0.29) is 0 Å². The Morgan fingerprint density at radius 2 is 1.94 bits per heavy atom. The van der Waals surface area contributed by atoms with Crippen LogP contribution in [0.3, 0.4) is 0 Å². The van der Waals surface area contributed by atoms with Crippen molar-refractivity contribution in [3.8, 4) is 5.75 Å². The number of likely N-dealkylation sites (N-methyl/N-ethyl adjacent to an activating group) is 1. The molecule has 0 amide bonds. The molecule has 0 bridgehead atoms. The van der Waals surface area contributed by atoms with E-state index >= 15 is 0 Å². The van der Waals surface area contributed by atoms with Gasteiger partial charge in [-0.1, -0.05) is 0 Å². The lowest BCUT2D eigenvalue weighted by atomic mass is 10.1. The van der Waals surface area contributed by atoms with Crippen LogP contribution in [0.4, 0.5) is 5.69 Å². The number of nitrogens with zero attached hydrogens (tertiary/aromatic N) is 2. The first-order valence-electron chi connectivity index (χ1n) is 6.02. The second-order valence-electron chi connectivity index (χ2n) is 4.65. The zero-order chi connectivity index (χ0) is 12.3. The minimum Gasteiger partial charge on any atom is -0.496 e.